The van der Waals surface area contributed by atoms with Gasteiger partial charge in [-0.1, -0.05) is 18.7 Å². The first-order valence-electron chi connectivity index (χ1n) is 3.45. The summed E-state index contributed by atoms with van der Waals surface area (Å²) < 4.78 is 0. The summed E-state index contributed by atoms with van der Waals surface area (Å²) in [6.07, 6.45) is 1.12. The fraction of sp³-hybridized carbons (Fsp3) is 0.333. The first-order chi connectivity index (χ1) is 6.15. The van der Waals surface area contributed by atoms with Crippen LogP contribution in [0.2, 0.25) is 5.28 Å². The zero-order chi connectivity index (χ0) is 9.84. The Labute approximate surface area is 83.7 Å². The molecule has 1 heterocycles. The highest BCUT2D eigenvalue weighted by Crippen LogP contribution is 2.26. The van der Waals surface area contributed by atoms with Crippen LogP contribution in [0.15, 0.2) is 11.2 Å². The van der Waals surface area contributed by atoms with Gasteiger partial charge in [-0.3, -0.25) is 10.1 Å². The molecule has 5 nitrogen and oxygen atoms in total. The van der Waals surface area contributed by atoms with Crippen molar-refractivity contribution < 1.29 is 4.92 Å². The van der Waals surface area contributed by atoms with E-state index in [2.05, 4.69) is 9.97 Å². The van der Waals surface area contributed by atoms with Crippen LogP contribution in [0.4, 0.5) is 5.69 Å². The summed E-state index contributed by atoms with van der Waals surface area (Å²) in [5, 5.41) is 10.8. The lowest BCUT2D eigenvalue weighted by Crippen LogP contribution is -1.95. The molecule has 0 spiro atoms. The molecule has 13 heavy (non-hydrogen) atoms. The average Bonchev–Trinajstić information content (AvgIpc) is 2.04. The van der Waals surface area contributed by atoms with Crippen molar-refractivity contribution in [2.24, 2.45) is 0 Å². The predicted octanol–water partition coefficient (Wildman–Crippen LogP) is 2.15. The van der Waals surface area contributed by atoms with Crippen molar-refractivity contribution in [3.8, 4) is 0 Å². The minimum Gasteiger partial charge on any atom is -0.258 e. The number of hydrogen-bond donors (Lipinski definition) is 0. The molecule has 0 aliphatic rings. The smallest absolute Gasteiger partial charge is 0.258 e. The first kappa shape index (κ1) is 10.2. The third kappa shape index (κ3) is 2.53. The second-order valence-corrected chi connectivity index (χ2v) is 3.61. The average molecular weight is 220 g/mol. The van der Waals surface area contributed by atoms with E-state index >= 15 is 0 Å². The lowest BCUT2D eigenvalue weighted by atomic mass is 10.6. The van der Waals surface area contributed by atoms with Gasteiger partial charge >= 0.3 is 5.69 Å². The molecular formula is C6H6ClN3O2S. The van der Waals surface area contributed by atoms with E-state index in [0.717, 1.165) is 6.20 Å². The molecule has 0 N–H and O–H groups in total. The van der Waals surface area contributed by atoms with Gasteiger partial charge in [-0.15, -0.1) is 0 Å². The van der Waals surface area contributed by atoms with Gasteiger partial charge < -0.3 is 0 Å². The topological polar surface area (TPSA) is 68.9 Å². The number of thioether (sulfide) groups is 1. The van der Waals surface area contributed by atoms with Crippen LogP contribution >= 0.6 is 23.4 Å². The molecular weight excluding hydrogens is 214 g/mol. The van der Waals surface area contributed by atoms with Gasteiger partial charge in [0.25, 0.3) is 0 Å². The van der Waals surface area contributed by atoms with E-state index in [1.807, 2.05) is 6.92 Å². The van der Waals surface area contributed by atoms with Gasteiger partial charge in [-0.25, -0.2) is 9.97 Å². The Morgan fingerprint density at radius 1 is 1.77 bits per heavy atom. The van der Waals surface area contributed by atoms with E-state index in [-0.39, 0.29) is 11.0 Å². The third-order valence-electron chi connectivity index (χ3n) is 1.18. The van der Waals surface area contributed by atoms with E-state index in [9.17, 15) is 10.1 Å². The summed E-state index contributed by atoms with van der Waals surface area (Å²) >= 11 is 6.77. The minimum absolute atomic E-state index is 0.0292. The van der Waals surface area contributed by atoms with Crippen LogP contribution in [0.25, 0.3) is 0 Å². The molecule has 0 atom stereocenters. The van der Waals surface area contributed by atoms with Crippen molar-refractivity contribution >= 4 is 29.1 Å². The van der Waals surface area contributed by atoms with E-state index in [0.29, 0.717) is 10.8 Å². The largest absolute Gasteiger partial charge is 0.319 e. The fourth-order valence-electron chi connectivity index (χ4n) is 0.708. The highest BCUT2D eigenvalue weighted by molar-refractivity contribution is 7.99. The molecule has 0 saturated heterocycles. The van der Waals surface area contributed by atoms with Gasteiger partial charge in [0.15, 0.2) is 5.03 Å². The van der Waals surface area contributed by atoms with Crippen LogP contribution in [0, 0.1) is 10.1 Å². The van der Waals surface area contributed by atoms with Crippen LogP contribution < -0.4 is 0 Å². The zero-order valence-electron chi connectivity index (χ0n) is 6.73. The number of halogens is 1. The molecule has 0 aliphatic heterocycles. The summed E-state index contributed by atoms with van der Waals surface area (Å²) in [5.41, 5.74) is -0.101. The van der Waals surface area contributed by atoms with Crippen molar-refractivity contribution in [2.75, 3.05) is 5.75 Å². The molecule has 1 aromatic heterocycles. The summed E-state index contributed by atoms with van der Waals surface area (Å²) in [6.45, 7) is 1.88. The van der Waals surface area contributed by atoms with E-state index in [1.165, 1.54) is 11.8 Å². The fourth-order valence-corrected chi connectivity index (χ4v) is 1.59. The van der Waals surface area contributed by atoms with Gasteiger partial charge in [-0.05, 0) is 17.4 Å². The standard InChI is InChI=1S/C6H6ClN3O2S/c1-2-13-5-4(10(11)12)3-8-6(7)9-5/h3H,2H2,1H3. The molecule has 70 valence electrons. The van der Waals surface area contributed by atoms with Gasteiger partial charge in [-0.2, -0.15) is 0 Å². The molecule has 1 aromatic rings. The van der Waals surface area contributed by atoms with Crippen molar-refractivity contribution in [1.82, 2.24) is 9.97 Å². The molecule has 0 amide bonds. The van der Waals surface area contributed by atoms with Gasteiger partial charge in [0.05, 0.1) is 4.92 Å². The SMILES string of the molecule is CCSc1nc(Cl)ncc1[N+](=O)[O-]. The Morgan fingerprint density at radius 3 is 3.00 bits per heavy atom. The maximum absolute atomic E-state index is 10.5. The maximum atomic E-state index is 10.5. The van der Waals surface area contributed by atoms with Crippen molar-refractivity contribution in [2.45, 2.75) is 11.9 Å². The quantitative estimate of drug-likeness (QED) is 0.256. The summed E-state index contributed by atoms with van der Waals surface area (Å²) in [5.74, 6) is 0.703. The molecule has 0 fully saturated rings. The first-order valence-corrected chi connectivity index (χ1v) is 4.81. The number of rotatable bonds is 3. The third-order valence-corrected chi connectivity index (χ3v) is 2.23. The Morgan fingerprint density at radius 2 is 2.46 bits per heavy atom. The molecule has 0 aromatic carbocycles. The number of aromatic nitrogens is 2. The van der Waals surface area contributed by atoms with Crippen LogP contribution in [-0.2, 0) is 0 Å². The van der Waals surface area contributed by atoms with E-state index in [1.54, 1.807) is 0 Å². The molecule has 0 unspecified atom stereocenters. The Bertz CT molecular complexity index is 334. The molecule has 0 radical (unpaired) electrons. The normalized spacial score (nSPS) is 10.0. The highest BCUT2D eigenvalue weighted by atomic mass is 35.5. The summed E-state index contributed by atoms with van der Waals surface area (Å²) in [7, 11) is 0. The highest BCUT2D eigenvalue weighted by Gasteiger charge is 2.16. The van der Waals surface area contributed by atoms with Crippen molar-refractivity contribution in [1.29, 1.82) is 0 Å². The lowest BCUT2D eigenvalue weighted by Gasteiger charge is -1.98. The van der Waals surface area contributed by atoms with Gasteiger partial charge in [0.1, 0.15) is 6.20 Å². The van der Waals surface area contributed by atoms with Crippen molar-refractivity contribution in [3.63, 3.8) is 0 Å². The molecule has 0 saturated carbocycles. The zero-order valence-corrected chi connectivity index (χ0v) is 8.30. The molecule has 7 heteroatoms. The monoisotopic (exact) mass is 219 g/mol. The number of hydrogen-bond acceptors (Lipinski definition) is 5. The predicted molar refractivity (Wildman–Crippen MR) is 50.1 cm³/mol. The number of nitro groups is 1. The van der Waals surface area contributed by atoms with Crippen molar-refractivity contribution in [3.05, 3.63) is 21.6 Å². The Balaban J connectivity index is 3.10. The van der Waals surface area contributed by atoms with Crippen LogP contribution in [0.1, 0.15) is 6.92 Å². The second kappa shape index (κ2) is 4.38. The second-order valence-electron chi connectivity index (χ2n) is 2.02. The molecule has 0 bridgehead atoms. The van der Waals surface area contributed by atoms with Gasteiger partial charge in [0, 0.05) is 0 Å². The van der Waals surface area contributed by atoms with E-state index in [4.69, 9.17) is 11.6 Å². The molecule has 0 aliphatic carbocycles. The Hall–Kier alpha value is -0.880. The van der Waals surface area contributed by atoms with Crippen LogP contribution in [0.3, 0.4) is 0 Å². The number of nitrogens with zero attached hydrogens (tertiary/aromatic N) is 3. The minimum atomic E-state index is -0.520. The summed E-state index contributed by atoms with van der Waals surface area (Å²) in [6, 6.07) is 0. The van der Waals surface area contributed by atoms with E-state index < -0.39 is 4.92 Å². The Kier molecular flexibility index (Phi) is 3.44. The van der Waals surface area contributed by atoms with Gasteiger partial charge in [0.2, 0.25) is 5.28 Å². The maximum Gasteiger partial charge on any atom is 0.319 e. The lowest BCUT2D eigenvalue weighted by molar-refractivity contribution is -0.388. The summed E-state index contributed by atoms with van der Waals surface area (Å²) in [4.78, 5) is 17.3. The van der Waals surface area contributed by atoms with Crippen LogP contribution in [-0.4, -0.2) is 20.6 Å². The molecule has 1 rings (SSSR count). The van der Waals surface area contributed by atoms with Crippen LogP contribution in [0.5, 0.6) is 0 Å².